The van der Waals surface area contributed by atoms with Crippen molar-refractivity contribution in [2.45, 2.75) is 38.5 Å². The molecule has 2 N–H and O–H groups in total. The molecule has 1 aromatic carbocycles. The lowest BCUT2D eigenvalue weighted by Gasteiger charge is -2.15. The molecule has 1 aliphatic rings. The van der Waals surface area contributed by atoms with Crippen LogP contribution in [0.2, 0.25) is 5.02 Å². The predicted molar refractivity (Wildman–Crippen MR) is 128 cm³/mol. The van der Waals surface area contributed by atoms with Crippen LogP contribution in [0.4, 0.5) is 23.2 Å². The molecule has 5 rings (SSSR count). The van der Waals surface area contributed by atoms with Gasteiger partial charge in [0.15, 0.2) is 5.82 Å². The Balaban J connectivity index is 1.53. The highest BCUT2D eigenvalue weighted by molar-refractivity contribution is 6.32. The molecule has 202 valence electrons. The topological polar surface area (TPSA) is 133 Å². The maximum atomic E-state index is 14.2. The first-order valence-corrected chi connectivity index (χ1v) is 11.8. The Morgan fingerprint density at radius 1 is 1.18 bits per heavy atom. The number of carbonyl (C=O) groups is 2. The maximum Gasteiger partial charge on any atom is 0.453 e. The van der Waals surface area contributed by atoms with E-state index in [1.807, 2.05) is 0 Å². The van der Waals surface area contributed by atoms with E-state index in [1.54, 1.807) is 6.07 Å². The van der Waals surface area contributed by atoms with Gasteiger partial charge in [0, 0.05) is 12.2 Å². The lowest BCUT2D eigenvalue weighted by atomic mass is 10.1. The minimum atomic E-state index is -4.83. The van der Waals surface area contributed by atoms with Gasteiger partial charge in [0.1, 0.15) is 11.5 Å². The smallest absolute Gasteiger partial charge is 0.349 e. The first-order chi connectivity index (χ1) is 18.5. The SMILES string of the molecule is Cc1cc(F)cc(C(=O)NC2CC2)c1NC(=O)c1cc(Cn2nnnc2C(F)(F)F)nn1-c1ncccc1Cl. The fourth-order valence-electron chi connectivity index (χ4n) is 3.79. The normalized spacial score (nSPS) is 13.4. The number of nitrogens with one attached hydrogen (secondary N) is 2. The summed E-state index contributed by atoms with van der Waals surface area (Å²) in [7, 11) is 0. The second-order valence-electron chi connectivity index (χ2n) is 8.75. The van der Waals surface area contributed by atoms with Crippen LogP contribution in [0.15, 0.2) is 36.5 Å². The van der Waals surface area contributed by atoms with Crippen molar-refractivity contribution in [1.82, 2.24) is 40.3 Å². The second kappa shape index (κ2) is 10.1. The Kier molecular flexibility index (Phi) is 6.76. The molecule has 0 unspecified atom stereocenters. The van der Waals surface area contributed by atoms with E-state index < -0.39 is 36.2 Å². The summed E-state index contributed by atoms with van der Waals surface area (Å²) in [6.07, 6.45) is -1.84. The fourth-order valence-corrected chi connectivity index (χ4v) is 3.99. The van der Waals surface area contributed by atoms with Gasteiger partial charge >= 0.3 is 6.18 Å². The zero-order valence-corrected chi connectivity index (χ0v) is 20.8. The number of aromatic nitrogens is 7. The van der Waals surface area contributed by atoms with Crippen molar-refractivity contribution in [2.75, 3.05) is 5.32 Å². The third kappa shape index (κ3) is 5.57. The molecule has 1 aliphatic carbocycles. The van der Waals surface area contributed by atoms with Crippen LogP contribution in [0.25, 0.3) is 5.82 Å². The molecule has 16 heteroatoms. The number of nitrogens with zero attached hydrogens (tertiary/aromatic N) is 7. The van der Waals surface area contributed by atoms with Crippen LogP contribution in [0.3, 0.4) is 0 Å². The number of amides is 2. The standard InChI is InChI=1S/C23H18ClF4N9O2/c1-11-7-12(25)8-15(20(38)30-13-4-5-13)18(11)31-21(39)17-9-14(10-36-22(23(26,27)28)32-34-35-36)33-37(17)19-16(24)3-2-6-29-19/h2-3,6-9,13H,4-5,10H2,1H3,(H,30,38)(H,31,39). The van der Waals surface area contributed by atoms with E-state index in [1.165, 1.54) is 25.3 Å². The van der Waals surface area contributed by atoms with Crippen molar-refractivity contribution in [3.8, 4) is 5.82 Å². The summed E-state index contributed by atoms with van der Waals surface area (Å²) in [6.45, 7) is 0.978. The van der Waals surface area contributed by atoms with Gasteiger partial charge in [0.05, 0.1) is 28.5 Å². The quantitative estimate of drug-likeness (QED) is 0.329. The number of alkyl halides is 3. The number of rotatable bonds is 7. The zero-order chi connectivity index (χ0) is 27.9. The van der Waals surface area contributed by atoms with Gasteiger partial charge in [-0.1, -0.05) is 11.6 Å². The summed E-state index contributed by atoms with van der Waals surface area (Å²) >= 11 is 6.26. The van der Waals surface area contributed by atoms with E-state index in [2.05, 4.69) is 36.2 Å². The molecule has 0 atom stereocenters. The van der Waals surface area contributed by atoms with Gasteiger partial charge in [-0.2, -0.15) is 18.3 Å². The number of hydrogen-bond acceptors (Lipinski definition) is 7. The predicted octanol–water partition coefficient (Wildman–Crippen LogP) is 3.57. The molecular formula is C23H18ClF4N9O2. The van der Waals surface area contributed by atoms with Crippen LogP contribution in [-0.2, 0) is 12.7 Å². The van der Waals surface area contributed by atoms with E-state index in [9.17, 15) is 27.2 Å². The van der Waals surface area contributed by atoms with Crippen molar-refractivity contribution >= 4 is 29.1 Å². The van der Waals surface area contributed by atoms with E-state index in [0.29, 0.717) is 4.68 Å². The summed E-state index contributed by atoms with van der Waals surface area (Å²) in [6, 6.07) is 6.38. The number of halogens is 5. The Morgan fingerprint density at radius 3 is 2.64 bits per heavy atom. The van der Waals surface area contributed by atoms with Gasteiger partial charge in [0.2, 0.25) is 0 Å². The van der Waals surface area contributed by atoms with Gasteiger partial charge in [-0.25, -0.2) is 18.7 Å². The van der Waals surface area contributed by atoms with Gasteiger partial charge in [-0.05, 0) is 66.1 Å². The fraction of sp³-hybridized carbons (Fsp3) is 0.261. The number of tetrazole rings is 1. The largest absolute Gasteiger partial charge is 0.453 e. The van der Waals surface area contributed by atoms with Crippen molar-refractivity contribution < 1.29 is 27.2 Å². The van der Waals surface area contributed by atoms with Gasteiger partial charge < -0.3 is 10.6 Å². The average molecular weight is 564 g/mol. The highest BCUT2D eigenvalue weighted by Gasteiger charge is 2.38. The third-order valence-electron chi connectivity index (χ3n) is 5.73. The lowest BCUT2D eigenvalue weighted by Crippen LogP contribution is -2.28. The lowest BCUT2D eigenvalue weighted by molar-refractivity contribution is -0.147. The molecule has 0 spiro atoms. The number of pyridine rings is 1. The summed E-state index contributed by atoms with van der Waals surface area (Å²) in [5.41, 5.74) is 0.0425. The highest BCUT2D eigenvalue weighted by atomic mass is 35.5. The van der Waals surface area contributed by atoms with Gasteiger partial charge in [0.25, 0.3) is 17.6 Å². The van der Waals surface area contributed by atoms with Gasteiger partial charge in [-0.15, -0.1) is 5.10 Å². The molecule has 11 nitrogen and oxygen atoms in total. The molecule has 0 saturated heterocycles. The molecule has 0 bridgehead atoms. The van der Waals surface area contributed by atoms with E-state index in [0.717, 1.165) is 29.7 Å². The van der Waals surface area contributed by atoms with Crippen molar-refractivity contribution in [3.05, 3.63) is 75.7 Å². The molecule has 2 amide bonds. The number of benzene rings is 1. The Bertz CT molecular complexity index is 1580. The molecule has 0 aliphatic heterocycles. The van der Waals surface area contributed by atoms with Crippen LogP contribution < -0.4 is 10.6 Å². The second-order valence-corrected chi connectivity index (χ2v) is 9.15. The summed E-state index contributed by atoms with van der Waals surface area (Å²) in [5, 5.41) is 19.1. The average Bonchev–Trinajstić information content (AvgIpc) is 3.37. The molecule has 0 radical (unpaired) electrons. The molecule has 4 aromatic rings. The van der Waals surface area contributed by atoms with Crippen molar-refractivity contribution in [2.24, 2.45) is 0 Å². The first kappa shape index (κ1) is 26.2. The molecule has 39 heavy (non-hydrogen) atoms. The zero-order valence-electron chi connectivity index (χ0n) is 20.0. The monoisotopic (exact) mass is 563 g/mol. The number of hydrogen-bond donors (Lipinski definition) is 2. The Hall–Kier alpha value is -4.40. The Morgan fingerprint density at radius 2 is 1.95 bits per heavy atom. The van der Waals surface area contributed by atoms with Gasteiger partial charge in [-0.3, -0.25) is 9.59 Å². The number of anilines is 1. The minimum absolute atomic E-state index is 0.0193. The molecule has 1 saturated carbocycles. The van der Waals surface area contributed by atoms with Crippen LogP contribution in [-0.4, -0.2) is 52.8 Å². The van der Waals surface area contributed by atoms with E-state index >= 15 is 0 Å². The number of aryl methyl sites for hydroxylation is 1. The molecular weight excluding hydrogens is 546 g/mol. The third-order valence-corrected chi connectivity index (χ3v) is 6.02. The molecule has 3 aromatic heterocycles. The summed E-state index contributed by atoms with van der Waals surface area (Å²) in [4.78, 5) is 30.4. The Labute approximate surface area is 222 Å². The summed E-state index contributed by atoms with van der Waals surface area (Å²) < 4.78 is 55.5. The molecule has 3 heterocycles. The highest BCUT2D eigenvalue weighted by Crippen LogP contribution is 2.29. The number of carbonyl (C=O) groups excluding carboxylic acids is 2. The molecule has 1 fully saturated rings. The van der Waals surface area contributed by atoms with Crippen LogP contribution in [0.1, 0.15) is 50.8 Å². The minimum Gasteiger partial charge on any atom is -0.349 e. The van der Waals surface area contributed by atoms with E-state index in [-0.39, 0.29) is 45.1 Å². The van der Waals surface area contributed by atoms with Crippen LogP contribution in [0.5, 0.6) is 0 Å². The maximum absolute atomic E-state index is 14.2. The van der Waals surface area contributed by atoms with Crippen LogP contribution >= 0.6 is 11.6 Å². The first-order valence-electron chi connectivity index (χ1n) is 11.5. The van der Waals surface area contributed by atoms with Crippen molar-refractivity contribution in [1.29, 1.82) is 0 Å². The van der Waals surface area contributed by atoms with E-state index in [4.69, 9.17) is 11.6 Å². The van der Waals surface area contributed by atoms with Crippen LogP contribution in [0, 0.1) is 12.7 Å². The summed E-state index contributed by atoms with van der Waals surface area (Å²) in [5.74, 6) is -3.37. The van der Waals surface area contributed by atoms with Crippen molar-refractivity contribution in [3.63, 3.8) is 0 Å².